The Morgan fingerprint density at radius 1 is 0.430 bits per heavy atom. The SMILES string of the molecule is CC/C=C\C/C=C\C/C=C\C/C=C\C/C=C\C/C=C\C/C=C\C/C=C\CCCCCCCCCCC(=O)NC(COC1OC(CO)C(OC2OC(CO)C(OC3OC(CO)C(O)C(O)C3O)C(O)C2O)C(O)C1O)C(O)/C=C/CCCCCCCC. The number of hydrogen-bond donors (Lipinski definition) is 12. The molecule has 12 N–H and O–H groups in total. The standard InChI is InChI=1S/C67H111NO18/c1-3-5-7-9-11-13-14-15-16-17-18-19-20-21-22-23-24-25-26-27-28-29-30-31-32-33-34-35-36-37-39-41-43-45-55(73)68-50(51(72)44-42-40-38-12-10-8-6-4-2)49-81-65-61(79)58(76)63(53(47-70)83-65)86-67-62(80)59(77)64(54(48-71)84-67)85-66-60(78)57(75)56(74)52(46-69)82-66/h5,7,11,13,15-16,18-19,21-22,24-25,27-28,30-31,42,44,50-54,56-67,69-72,74-80H,3-4,6,8-10,12,14,17,20,23,26,29,32-41,43,45-49H2,1-2H3,(H,68,73)/b7-5-,13-11-,16-15-,19-18-,22-21-,25-24-,28-27-,31-30-,44-42+. The van der Waals surface area contributed by atoms with E-state index < -0.39 is 124 Å². The number of hydrogen-bond acceptors (Lipinski definition) is 18. The Morgan fingerprint density at radius 3 is 1.26 bits per heavy atom. The van der Waals surface area contributed by atoms with Gasteiger partial charge in [-0.2, -0.15) is 0 Å². The van der Waals surface area contributed by atoms with Crippen molar-refractivity contribution in [3.63, 3.8) is 0 Å². The van der Waals surface area contributed by atoms with Gasteiger partial charge in [-0.3, -0.25) is 4.79 Å². The van der Waals surface area contributed by atoms with Crippen LogP contribution in [0.5, 0.6) is 0 Å². The largest absolute Gasteiger partial charge is 0.394 e. The van der Waals surface area contributed by atoms with E-state index in [1.807, 2.05) is 6.08 Å². The van der Waals surface area contributed by atoms with Gasteiger partial charge in [0.1, 0.15) is 73.2 Å². The van der Waals surface area contributed by atoms with E-state index in [0.717, 1.165) is 128 Å². The third kappa shape index (κ3) is 30.8. The molecule has 17 atom stereocenters. The zero-order valence-electron chi connectivity index (χ0n) is 51.5. The van der Waals surface area contributed by atoms with Crippen molar-refractivity contribution in [1.82, 2.24) is 5.32 Å². The van der Waals surface area contributed by atoms with Gasteiger partial charge in [-0.05, 0) is 83.5 Å². The number of carbonyl (C=O) groups is 1. The number of rotatable bonds is 46. The van der Waals surface area contributed by atoms with E-state index in [4.69, 9.17) is 28.4 Å². The van der Waals surface area contributed by atoms with Gasteiger partial charge < -0.3 is 89.9 Å². The summed E-state index contributed by atoms with van der Waals surface area (Å²) in [4.78, 5) is 13.3. The molecule has 0 aromatic carbocycles. The van der Waals surface area contributed by atoms with E-state index in [1.165, 1.54) is 19.3 Å². The van der Waals surface area contributed by atoms with Crippen molar-refractivity contribution in [2.75, 3.05) is 26.4 Å². The number of allylic oxidation sites excluding steroid dienone is 17. The smallest absolute Gasteiger partial charge is 0.220 e. The molecule has 1 amide bonds. The van der Waals surface area contributed by atoms with E-state index in [1.54, 1.807) is 6.08 Å². The summed E-state index contributed by atoms with van der Waals surface area (Å²) in [5.41, 5.74) is 0. The second kappa shape index (κ2) is 48.3. The van der Waals surface area contributed by atoms with Crippen LogP contribution in [0.4, 0.5) is 0 Å². The van der Waals surface area contributed by atoms with Crippen LogP contribution >= 0.6 is 0 Å². The van der Waals surface area contributed by atoms with Crippen molar-refractivity contribution in [1.29, 1.82) is 0 Å². The van der Waals surface area contributed by atoms with Crippen LogP contribution in [0.15, 0.2) is 109 Å². The van der Waals surface area contributed by atoms with Gasteiger partial charge in [0.25, 0.3) is 0 Å². The summed E-state index contributed by atoms with van der Waals surface area (Å²) in [7, 11) is 0. The second-order valence-electron chi connectivity index (χ2n) is 22.5. The Labute approximate surface area is 513 Å². The molecular formula is C67H111NO18. The molecule has 0 aliphatic carbocycles. The highest BCUT2D eigenvalue weighted by Gasteiger charge is 2.53. The van der Waals surface area contributed by atoms with Crippen LogP contribution in [0.1, 0.15) is 174 Å². The van der Waals surface area contributed by atoms with Gasteiger partial charge in [-0.1, -0.05) is 194 Å². The summed E-state index contributed by atoms with van der Waals surface area (Å²) in [5.74, 6) is -0.294. The molecule has 0 saturated carbocycles. The number of nitrogens with one attached hydrogen (secondary N) is 1. The lowest BCUT2D eigenvalue weighted by atomic mass is 9.96. The molecule has 3 heterocycles. The fourth-order valence-corrected chi connectivity index (χ4v) is 10.1. The number of unbranched alkanes of at least 4 members (excludes halogenated alkanes) is 14. The highest BCUT2D eigenvalue weighted by molar-refractivity contribution is 5.76. The molecule has 0 radical (unpaired) electrons. The zero-order chi connectivity index (χ0) is 62.6. The molecule has 19 nitrogen and oxygen atoms in total. The lowest BCUT2D eigenvalue weighted by Crippen LogP contribution is -2.66. The minimum atomic E-state index is -1.98. The zero-order valence-corrected chi connectivity index (χ0v) is 51.5. The van der Waals surface area contributed by atoms with Crippen LogP contribution in [0.3, 0.4) is 0 Å². The molecule has 3 rings (SSSR count). The first-order valence-electron chi connectivity index (χ1n) is 32.1. The minimum absolute atomic E-state index is 0.225. The van der Waals surface area contributed by atoms with Gasteiger partial charge >= 0.3 is 0 Å². The summed E-state index contributed by atoms with van der Waals surface area (Å²) in [6, 6.07) is -0.982. The summed E-state index contributed by atoms with van der Waals surface area (Å²) in [6.45, 7) is 1.52. The molecule has 3 aliphatic rings. The molecule has 3 saturated heterocycles. The van der Waals surface area contributed by atoms with Crippen molar-refractivity contribution < 1.29 is 89.4 Å². The van der Waals surface area contributed by atoms with Gasteiger partial charge in [0.05, 0.1) is 38.6 Å². The molecule has 17 unspecified atom stereocenters. The number of carbonyl (C=O) groups excluding carboxylic acids is 1. The van der Waals surface area contributed by atoms with Gasteiger partial charge in [-0.15, -0.1) is 0 Å². The summed E-state index contributed by atoms with van der Waals surface area (Å²) in [6.07, 6.45) is 36.8. The number of amides is 1. The summed E-state index contributed by atoms with van der Waals surface area (Å²) in [5, 5.41) is 120. The molecular weight excluding hydrogens is 1110 g/mol. The third-order valence-corrected chi connectivity index (χ3v) is 15.3. The van der Waals surface area contributed by atoms with Crippen molar-refractivity contribution in [3.8, 4) is 0 Å². The Hall–Kier alpha value is -3.55. The normalized spacial score (nSPS) is 29.5. The predicted molar refractivity (Wildman–Crippen MR) is 332 cm³/mol. The lowest BCUT2D eigenvalue weighted by Gasteiger charge is -2.48. The third-order valence-electron chi connectivity index (χ3n) is 15.3. The Bertz CT molecular complexity index is 1990. The van der Waals surface area contributed by atoms with Crippen LogP contribution in [0.25, 0.3) is 0 Å². The average Bonchev–Trinajstić information content (AvgIpc) is 3.55. The van der Waals surface area contributed by atoms with Gasteiger partial charge in [0, 0.05) is 6.42 Å². The number of aliphatic hydroxyl groups is 11. The number of aliphatic hydroxyl groups excluding tert-OH is 11. The molecule has 0 aromatic rings. The maximum Gasteiger partial charge on any atom is 0.220 e. The van der Waals surface area contributed by atoms with Crippen molar-refractivity contribution in [2.45, 2.75) is 279 Å². The van der Waals surface area contributed by atoms with Crippen LogP contribution < -0.4 is 5.32 Å². The molecule has 19 heteroatoms. The Kier molecular flexibility index (Phi) is 43.1. The maximum absolute atomic E-state index is 13.3. The summed E-state index contributed by atoms with van der Waals surface area (Å²) >= 11 is 0. The molecule has 0 aromatic heterocycles. The van der Waals surface area contributed by atoms with E-state index in [2.05, 4.69) is 116 Å². The molecule has 3 aliphatic heterocycles. The average molecular weight is 1220 g/mol. The highest BCUT2D eigenvalue weighted by atomic mass is 16.8. The quantitative estimate of drug-likeness (QED) is 0.0214. The van der Waals surface area contributed by atoms with E-state index in [9.17, 15) is 61.0 Å². The van der Waals surface area contributed by atoms with E-state index >= 15 is 0 Å². The Morgan fingerprint density at radius 2 is 0.802 bits per heavy atom. The van der Waals surface area contributed by atoms with Crippen molar-refractivity contribution in [2.24, 2.45) is 0 Å². The van der Waals surface area contributed by atoms with E-state index in [-0.39, 0.29) is 18.9 Å². The summed E-state index contributed by atoms with van der Waals surface area (Å²) < 4.78 is 34.2. The first-order chi connectivity index (χ1) is 41.8. The van der Waals surface area contributed by atoms with Crippen molar-refractivity contribution >= 4 is 5.91 Å². The fourth-order valence-electron chi connectivity index (χ4n) is 10.1. The Balaban J connectivity index is 1.36. The van der Waals surface area contributed by atoms with Crippen LogP contribution in [-0.2, 0) is 33.2 Å². The maximum atomic E-state index is 13.3. The van der Waals surface area contributed by atoms with E-state index in [0.29, 0.717) is 6.42 Å². The first kappa shape index (κ1) is 76.7. The minimum Gasteiger partial charge on any atom is -0.394 e. The first-order valence-corrected chi connectivity index (χ1v) is 32.1. The second-order valence-corrected chi connectivity index (χ2v) is 22.5. The predicted octanol–water partition coefficient (Wildman–Crippen LogP) is 7.10. The molecule has 86 heavy (non-hydrogen) atoms. The molecule has 0 spiro atoms. The highest BCUT2D eigenvalue weighted by Crippen LogP contribution is 2.33. The van der Waals surface area contributed by atoms with Gasteiger partial charge in [-0.25, -0.2) is 0 Å². The lowest BCUT2D eigenvalue weighted by molar-refractivity contribution is -0.379. The molecule has 492 valence electrons. The van der Waals surface area contributed by atoms with Gasteiger partial charge in [0.2, 0.25) is 5.91 Å². The van der Waals surface area contributed by atoms with Crippen LogP contribution in [0, 0.1) is 0 Å². The fraction of sp³-hybridized carbons (Fsp3) is 0.716. The van der Waals surface area contributed by atoms with Crippen LogP contribution in [0.2, 0.25) is 0 Å². The van der Waals surface area contributed by atoms with Gasteiger partial charge in [0.15, 0.2) is 18.9 Å². The van der Waals surface area contributed by atoms with Crippen LogP contribution in [-0.4, -0.2) is 193 Å². The topological polar surface area (TPSA) is 307 Å². The van der Waals surface area contributed by atoms with Crippen molar-refractivity contribution in [3.05, 3.63) is 109 Å². The molecule has 3 fully saturated rings. The monoisotopic (exact) mass is 1220 g/mol. The molecule has 0 bridgehead atoms. The number of ether oxygens (including phenoxy) is 6.